The van der Waals surface area contributed by atoms with Crippen LogP contribution in [-0.4, -0.2) is 34.8 Å². The van der Waals surface area contributed by atoms with Crippen LogP contribution in [0.1, 0.15) is 25.5 Å². The second-order valence-corrected chi connectivity index (χ2v) is 4.52. The van der Waals surface area contributed by atoms with Crippen molar-refractivity contribution in [1.29, 1.82) is 0 Å². The fraction of sp³-hybridized carbons (Fsp3) is 0.667. The second kappa shape index (κ2) is 4.87. The minimum absolute atomic E-state index is 0.0339. The van der Waals surface area contributed by atoms with E-state index >= 15 is 0 Å². The van der Waals surface area contributed by atoms with Crippen molar-refractivity contribution in [1.82, 2.24) is 15.1 Å². The highest BCUT2D eigenvalue weighted by atomic mass is 16.2. The summed E-state index contributed by atoms with van der Waals surface area (Å²) in [5.41, 5.74) is 1.86. The fourth-order valence-electron chi connectivity index (χ4n) is 2.40. The van der Waals surface area contributed by atoms with Crippen LogP contribution in [0.4, 0.5) is 5.69 Å². The zero-order chi connectivity index (χ0) is 12.4. The maximum atomic E-state index is 12.3. The van der Waals surface area contributed by atoms with E-state index in [9.17, 15) is 4.79 Å². The first-order valence-electron chi connectivity index (χ1n) is 6.18. The molecule has 2 heterocycles. The summed E-state index contributed by atoms with van der Waals surface area (Å²) in [7, 11) is 1.88. The highest BCUT2D eigenvalue weighted by molar-refractivity contribution is 5.98. The Bertz CT molecular complexity index is 411. The first kappa shape index (κ1) is 12.1. The Kier molecular flexibility index (Phi) is 3.47. The van der Waals surface area contributed by atoms with Crippen molar-refractivity contribution >= 4 is 11.6 Å². The van der Waals surface area contributed by atoms with Gasteiger partial charge in [0.25, 0.3) is 0 Å². The lowest BCUT2D eigenvalue weighted by Crippen LogP contribution is -2.50. The van der Waals surface area contributed by atoms with Crippen molar-refractivity contribution in [3.05, 3.63) is 11.9 Å². The molecule has 1 unspecified atom stereocenters. The maximum absolute atomic E-state index is 12.3. The summed E-state index contributed by atoms with van der Waals surface area (Å²) in [6.45, 7) is 5.60. The van der Waals surface area contributed by atoms with E-state index in [1.165, 1.54) is 0 Å². The standard InChI is InChI=1S/C12H20N4O/c1-4-13-10-6-5-7-16(12(10)17)11-8-15(3)14-9(11)2/h8,10,13H,4-7H2,1-3H3. The number of carbonyl (C=O) groups is 1. The SMILES string of the molecule is CCNC1CCCN(c2cn(C)nc2C)C1=O. The van der Waals surface area contributed by atoms with E-state index in [0.717, 1.165) is 37.3 Å². The molecule has 0 radical (unpaired) electrons. The molecule has 1 atom stereocenters. The molecule has 1 saturated heterocycles. The molecule has 94 valence electrons. The molecule has 1 aromatic heterocycles. The van der Waals surface area contributed by atoms with Crippen LogP contribution >= 0.6 is 0 Å². The van der Waals surface area contributed by atoms with Crippen molar-refractivity contribution in [3.63, 3.8) is 0 Å². The molecule has 1 aliphatic rings. The first-order valence-corrected chi connectivity index (χ1v) is 6.18. The average Bonchev–Trinajstić information content (AvgIpc) is 2.61. The normalized spacial score (nSPS) is 21.0. The van der Waals surface area contributed by atoms with E-state index in [2.05, 4.69) is 10.4 Å². The molecule has 0 bridgehead atoms. The summed E-state index contributed by atoms with van der Waals surface area (Å²) in [6, 6.07) is -0.0339. The van der Waals surface area contributed by atoms with Gasteiger partial charge in [-0.25, -0.2) is 0 Å². The number of hydrogen-bond acceptors (Lipinski definition) is 3. The maximum Gasteiger partial charge on any atom is 0.244 e. The second-order valence-electron chi connectivity index (χ2n) is 4.52. The molecule has 1 fully saturated rings. The highest BCUT2D eigenvalue weighted by Crippen LogP contribution is 2.23. The van der Waals surface area contributed by atoms with Crippen LogP contribution in [0.5, 0.6) is 0 Å². The molecule has 1 aromatic rings. The van der Waals surface area contributed by atoms with Gasteiger partial charge in [-0.05, 0) is 26.3 Å². The molecule has 1 amide bonds. The first-order chi connectivity index (χ1) is 8.13. The molecule has 1 aliphatic heterocycles. The van der Waals surface area contributed by atoms with Gasteiger partial charge in [0.15, 0.2) is 0 Å². The van der Waals surface area contributed by atoms with E-state index in [0.29, 0.717) is 0 Å². The minimum atomic E-state index is -0.0339. The third kappa shape index (κ3) is 2.34. The largest absolute Gasteiger partial charge is 0.308 e. The summed E-state index contributed by atoms with van der Waals surface area (Å²) < 4.78 is 1.76. The zero-order valence-corrected chi connectivity index (χ0v) is 10.7. The number of nitrogens with one attached hydrogen (secondary N) is 1. The van der Waals surface area contributed by atoms with Crippen molar-refractivity contribution < 1.29 is 4.79 Å². The molecular weight excluding hydrogens is 216 g/mol. The molecule has 2 rings (SSSR count). The Morgan fingerprint density at radius 1 is 1.59 bits per heavy atom. The van der Waals surface area contributed by atoms with E-state index in [-0.39, 0.29) is 11.9 Å². The van der Waals surface area contributed by atoms with Crippen molar-refractivity contribution in [2.75, 3.05) is 18.0 Å². The number of nitrogens with zero attached hydrogens (tertiary/aromatic N) is 3. The quantitative estimate of drug-likeness (QED) is 0.846. The summed E-state index contributed by atoms with van der Waals surface area (Å²) >= 11 is 0. The molecule has 0 aromatic carbocycles. The van der Waals surface area contributed by atoms with Crippen LogP contribution in [0, 0.1) is 6.92 Å². The van der Waals surface area contributed by atoms with E-state index < -0.39 is 0 Å². The Balaban J connectivity index is 2.20. The topological polar surface area (TPSA) is 50.2 Å². The number of anilines is 1. The van der Waals surface area contributed by atoms with E-state index in [1.807, 2.05) is 32.0 Å². The van der Waals surface area contributed by atoms with Gasteiger partial charge in [-0.2, -0.15) is 5.10 Å². The summed E-state index contributed by atoms with van der Waals surface area (Å²) in [5.74, 6) is 0.175. The third-order valence-electron chi connectivity index (χ3n) is 3.17. The van der Waals surface area contributed by atoms with Crippen molar-refractivity contribution in [2.24, 2.45) is 7.05 Å². The number of amides is 1. The lowest BCUT2D eigenvalue weighted by atomic mass is 10.0. The van der Waals surface area contributed by atoms with Crippen LogP contribution in [0.3, 0.4) is 0 Å². The van der Waals surface area contributed by atoms with Crippen LogP contribution in [-0.2, 0) is 11.8 Å². The van der Waals surface area contributed by atoms with Gasteiger partial charge in [-0.1, -0.05) is 6.92 Å². The Morgan fingerprint density at radius 2 is 2.35 bits per heavy atom. The number of piperidine rings is 1. The average molecular weight is 236 g/mol. The number of aromatic nitrogens is 2. The number of aryl methyl sites for hydroxylation is 2. The zero-order valence-electron chi connectivity index (χ0n) is 10.7. The fourth-order valence-corrected chi connectivity index (χ4v) is 2.40. The van der Waals surface area contributed by atoms with Crippen LogP contribution in [0.2, 0.25) is 0 Å². The van der Waals surface area contributed by atoms with Gasteiger partial charge >= 0.3 is 0 Å². The van der Waals surface area contributed by atoms with Gasteiger partial charge < -0.3 is 10.2 Å². The van der Waals surface area contributed by atoms with Crippen LogP contribution < -0.4 is 10.2 Å². The van der Waals surface area contributed by atoms with E-state index in [4.69, 9.17) is 0 Å². The van der Waals surface area contributed by atoms with E-state index in [1.54, 1.807) is 4.68 Å². The Hall–Kier alpha value is -1.36. The predicted octanol–water partition coefficient (Wildman–Crippen LogP) is 0.833. The minimum Gasteiger partial charge on any atom is -0.308 e. The van der Waals surface area contributed by atoms with Gasteiger partial charge in [-0.15, -0.1) is 0 Å². The van der Waals surface area contributed by atoms with Gasteiger partial charge in [0.2, 0.25) is 5.91 Å². The van der Waals surface area contributed by atoms with Crippen molar-refractivity contribution in [2.45, 2.75) is 32.7 Å². The Morgan fingerprint density at radius 3 is 2.94 bits per heavy atom. The highest BCUT2D eigenvalue weighted by Gasteiger charge is 2.30. The number of rotatable bonds is 3. The molecule has 17 heavy (non-hydrogen) atoms. The Labute approximate surface area is 102 Å². The van der Waals surface area contributed by atoms with Crippen LogP contribution in [0.15, 0.2) is 6.20 Å². The van der Waals surface area contributed by atoms with Gasteiger partial charge in [0, 0.05) is 19.8 Å². The third-order valence-corrected chi connectivity index (χ3v) is 3.17. The van der Waals surface area contributed by atoms with Crippen LogP contribution in [0.25, 0.3) is 0 Å². The molecule has 1 N–H and O–H groups in total. The lowest BCUT2D eigenvalue weighted by molar-refractivity contribution is -0.121. The number of carbonyl (C=O) groups excluding carboxylic acids is 1. The predicted molar refractivity (Wildman–Crippen MR) is 67.0 cm³/mol. The molecule has 5 heteroatoms. The summed E-state index contributed by atoms with van der Waals surface area (Å²) in [6.07, 6.45) is 3.89. The lowest BCUT2D eigenvalue weighted by Gasteiger charge is -2.32. The summed E-state index contributed by atoms with van der Waals surface area (Å²) in [4.78, 5) is 14.2. The van der Waals surface area contributed by atoms with Gasteiger partial charge in [0.1, 0.15) is 0 Å². The summed E-state index contributed by atoms with van der Waals surface area (Å²) in [5, 5.41) is 7.54. The molecule has 5 nitrogen and oxygen atoms in total. The molecular formula is C12H20N4O. The van der Waals surface area contributed by atoms with Crippen molar-refractivity contribution in [3.8, 4) is 0 Å². The molecule has 0 spiro atoms. The molecule has 0 aliphatic carbocycles. The van der Waals surface area contributed by atoms with Gasteiger partial charge in [-0.3, -0.25) is 9.48 Å². The number of likely N-dealkylation sites (N-methyl/N-ethyl adjacent to an activating group) is 1. The van der Waals surface area contributed by atoms with Gasteiger partial charge in [0.05, 0.1) is 17.4 Å². The monoisotopic (exact) mass is 236 g/mol. The molecule has 0 saturated carbocycles. The smallest absolute Gasteiger partial charge is 0.244 e. The number of hydrogen-bond donors (Lipinski definition) is 1.